The number of hydrogen-bond acceptors (Lipinski definition) is 5. The van der Waals surface area contributed by atoms with Gasteiger partial charge in [-0.15, -0.1) is 0 Å². The van der Waals surface area contributed by atoms with E-state index in [4.69, 9.17) is 44.8 Å². The molecule has 0 saturated carbocycles. The number of amides is 1. The molecule has 6 nitrogen and oxygen atoms in total. The lowest BCUT2D eigenvalue weighted by Crippen LogP contribution is -2.24. The number of nitrogens with one attached hydrogen (secondary N) is 1. The Balaban J connectivity index is 1.81. The van der Waals surface area contributed by atoms with E-state index in [-0.39, 0.29) is 54.7 Å². The Kier molecular flexibility index (Phi) is 7.50. The van der Waals surface area contributed by atoms with Crippen LogP contribution in [0.5, 0.6) is 11.5 Å². The number of nitrogens with zero attached hydrogens (tertiary/aromatic N) is 1. The van der Waals surface area contributed by atoms with Crippen LogP contribution < -0.4 is 10.1 Å². The standard InChI is InChI=1S/C22H14Cl3FN2O4S/c1-33(30,31)16-3-4-17(19(25)9-16)22(29)28-11-13-2-5-18(24)21(20(13)26)32-15-7-12(10-27)6-14(23)8-15/h2-9H,11H2,1H3,(H,28,29). The van der Waals surface area contributed by atoms with Gasteiger partial charge in [-0.1, -0.05) is 40.9 Å². The number of sulfone groups is 1. The first-order chi connectivity index (χ1) is 15.5. The number of ether oxygens (including phenoxy) is 1. The average molecular weight is 528 g/mol. The maximum Gasteiger partial charge on any atom is 0.253 e. The van der Waals surface area contributed by atoms with Crippen LogP contribution in [-0.4, -0.2) is 20.6 Å². The molecule has 3 aromatic rings. The van der Waals surface area contributed by atoms with E-state index in [1.165, 1.54) is 48.5 Å². The summed E-state index contributed by atoms with van der Waals surface area (Å²) in [6, 6.07) is 12.6. The fraction of sp³-hybridized carbons (Fsp3) is 0.0909. The zero-order chi connectivity index (χ0) is 24.3. The minimum absolute atomic E-state index is 0.0258. The number of hydrogen-bond donors (Lipinski definition) is 1. The highest BCUT2D eigenvalue weighted by Gasteiger charge is 2.18. The molecule has 11 heteroatoms. The van der Waals surface area contributed by atoms with Crippen molar-refractivity contribution < 1.29 is 22.3 Å². The number of carbonyl (C=O) groups excluding carboxylic acids is 1. The molecule has 0 bridgehead atoms. The molecule has 0 aliphatic rings. The van der Waals surface area contributed by atoms with Crippen LogP contribution in [0.25, 0.3) is 0 Å². The van der Waals surface area contributed by atoms with Gasteiger partial charge in [-0.05, 0) is 42.5 Å². The van der Waals surface area contributed by atoms with Gasteiger partial charge in [0.25, 0.3) is 5.91 Å². The molecule has 1 amide bonds. The predicted octanol–water partition coefficient (Wildman–Crippen LogP) is 5.78. The maximum atomic E-state index is 15.1. The summed E-state index contributed by atoms with van der Waals surface area (Å²) < 4.78 is 43.8. The minimum Gasteiger partial charge on any atom is -0.453 e. The summed E-state index contributed by atoms with van der Waals surface area (Å²) in [5.74, 6) is -1.64. The second-order valence-corrected chi connectivity index (χ2v) is 10.1. The van der Waals surface area contributed by atoms with Crippen molar-refractivity contribution in [1.29, 1.82) is 5.26 Å². The van der Waals surface area contributed by atoms with Gasteiger partial charge >= 0.3 is 0 Å². The van der Waals surface area contributed by atoms with Gasteiger partial charge in [0.15, 0.2) is 21.4 Å². The number of carbonyl (C=O) groups is 1. The van der Waals surface area contributed by atoms with Gasteiger partial charge < -0.3 is 10.1 Å². The predicted molar refractivity (Wildman–Crippen MR) is 123 cm³/mol. The molecule has 0 atom stereocenters. The maximum absolute atomic E-state index is 15.1. The van der Waals surface area contributed by atoms with E-state index in [2.05, 4.69) is 5.32 Å². The van der Waals surface area contributed by atoms with Crippen LogP contribution in [0.3, 0.4) is 0 Å². The van der Waals surface area contributed by atoms with Gasteiger partial charge in [-0.2, -0.15) is 5.26 Å². The van der Waals surface area contributed by atoms with E-state index in [1.807, 2.05) is 6.07 Å². The number of rotatable bonds is 6. The van der Waals surface area contributed by atoms with Crippen molar-refractivity contribution >= 4 is 50.5 Å². The molecule has 0 spiro atoms. The first kappa shape index (κ1) is 24.8. The molecule has 0 unspecified atom stereocenters. The van der Waals surface area contributed by atoms with Crippen LogP contribution in [0.15, 0.2) is 53.4 Å². The summed E-state index contributed by atoms with van der Waals surface area (Å²) in [7, 11) is -3.49. The molecule has 3 rings (SSSR count). The topological polar surface area (TPSA) is 96.3 Å². The monoisotopic (exact) mass is 526 g/mol. The molecular weight excluding hydrogens is 514 g/mol. The van der Waals surface area contributed by atoms with Gasteiger partial charge in [-0.3, -0.25) is 4.79 Å². The quantitative estimate of drug-likeness (QED) is 0.438. The summed E-state index contributed by atoms with van der Waals surface area (Å²) in [6.07, 6.45) is 1.02. The van der Waals surface area contributed by atoms with Crippen LogP contribution in [0.2, 0.25) is 15.1 Å². The van der Waals surface area contributed by atoms with E-state index in [0.29, 0.717) is 0 Å². The Labute approximate surface area is 204 Å². The molecule has 0 heterocycles. The van der Waals surface area contributed by atoms with Crippen LogP contribution in [-0.2, 0) is 16.4 Å². The zero-order valence-corrected chi connectivity index (χ0v) is 19.9. The van der Waals surface area contributed by atoms with Crippen molar-refractivity contribution in [1.82, 2.24) is 5.32 Å². The van der Waals surface area contributed by atoms with Crippen molar-refractivity contribution in [3.8, 4) is 17.6 Å². The van der Waals surface area contributed by atoms with E-state index in [9.17, 15) is 13.2 Å². The molecule has 33 heavy (non-hydrogen) atoms. The van der Waals surface area contributed by atoms with Gasteiger partial charge in [-0.25, -0.2) is 12.8 Å². The molecule has 0 fully saturated rings. The molecular formula is C22H14Cl3FN2O4S. The fourth-order valence-electron chi connectivity index (χ4n) is 2.79. The van der Waals surface area contributed by atoms with Crippen LogP contribution in [0, 0.1) is 17.1 Å². The number of nitriles is 1. The molecule has 0 aliphatic carbocycles. The minimum atomic E-state index is -3.49. The lowest BCUT2D eigenvalue weighted by Gasteiger charge is -2.13. The van der Waals surface area contributed by atoms with Crippen LogP contribution in [0.1, 0.15) is 21.5 Å². The van der Waals surface area contributed by atoms with Gasteiger partial charge in [0.2, 0.25) is 0 Å². The summed E-state index contributed by atoms with van der Waals surface area (Å²) >= 11 is 18.1. The Morgan fingerprint density at radius 2 is 1.82 bits per heavy atom. The highest BCUT2D eigenvalue weighted by Crippen LogP contribution is 2.35. The Morgan fingerprint density at radius 1 is 1.09 bits per heavy atom. The van der Waals surface area contributed by atoms with Crippen molar-refractivity contribution in [2.45, 2.75) is 11.4 Å². The highest BCUT2D eigenvalue weighted by atomic mass is 35.5. The van der Waals surface area contributed by atoms with Gasteiger partial charge in [0.05, 0.1) is 32.1 Å². The number of benzene rings is 3. The molecule has 3 aromatic carbocycles. The first-order valence-electron chi connectivity index (χ1n) is 9.13. The van der Waals surface area contributed by atoms with Crippen molar-refractivity contribution in [2.75, 3.05) is 6.26 Å². The molecule has 0 saturated heterocycles. The Hall–Kier alpha value is -2.83. The second kappa shape index (κ2) is 9.98. The lowest BCUT2D eigenvalue weighted by atomic mass is 10.1. The molecule has 0 radical (unpaired) electrons. The Morgan fingerprint density at radius 3 is 2.45 bits per heavy atom. The van der Waals surface area contributed by atoms with Crippen LogP contribution in [0.4, 0.5) is 4.39 Å². The highest BCUT2D eigenvalue weighted by molar-refractivity contribution is 7.90. The smallest absolute Gasteiger partial charge is 0.253 e. The third-order valence-electron chi connectivity index (χ3n) is 4.40. The largest absolute Gasteiger partial charge is 0.453 e. The Bertz CT molecular complexity index is 1410. The molecule has 0 aliphatic heterocycles. The van der Waals surface area contributed by atoms with Crippen molar-refractivity contribution in [2.24, 2.45) is 0 Å². The average Bonchev–Trinajstić information content (AvgIpc) is 2.74. The first-order valence-corrected chi connectivity index (χ1v) is 12.2. The van der Waals surface area contributed by atoms with Gasteiger partial charge in [0.1, 0.15) is 5.75 Å². The van der Waals surface area contributed by atoms with Crippen LogP contribution >= 0.6 is 34.8 Å². The third kappa shape index (κ3) is 5.95. The van der Waals surface area contributed by atoms with E-state index < -0.39 is 21.6 Å². The van der Waals surface area contributed by atoms with Gasteiger partial charge in [0, 0.05) is 23.4 Å². The third-order valence-corrected chi connectivity index (χ3v) is 6.34. The molecule has 0 aromatic heterocycles. The van der Waals surface area contributed by atoms with E-state index >= 15 is 4.39 Å². The summed E-state index contributed by atoms with van der Waals surface area (Å²) in [5, 5.41) is 11.7. The molecule has 1 N–H and O–H groups in total. The van der Waals surface area contributed by atoms with Crippen molar-refractivity contribution in [3.63, 3.8) is 0 Å². The second-order valence-electron chi connectivity index (χ2n) is 6.84. The number of halogens is 4. The summed E-state index contributed by atoms with van der Waals surface area (Å²) in [6.45, 7) is -0.235. The van der Waals surface area contributed by atoms with E-state index in [0.717, 1.165) is 6.26 Å². The normalized spacial score (nSPS) is 11.0. The summed E-state index contributed by atoms with van der Waals surface area (Å²) in [5.41, 5.74) is 0.309. The summed E-state index contributed by atoms with van der Waals surface area (Å²) in [4.78, 5) is 12.5. The van der Waals surface area contributed by atoms with Crippen molar-refractivity contribution in [3.05, 3.63) is 86.1 Å². The van der Waals surface area contributed by atoms with E-state index in [1.54, 1.807) is 0 Å². The SMILES string of the molecule is CS(=O)(=O)c1ccc(C(=O)NCc2ccc(Cl)c(Oc3cc(Cl)cc(C#N)c3)c2F)c(Cl)c1. The fourth-order valence-corrected chi connectivity index (χ4v) is 4.18. The zero-order valence-electron chi connectivity index (χ0n) is 16.8. The molecule has 170 valence electrons. The lowest BCUT2D eigenvalue weighted by molar-refractivity contribution is 0.0950.